The van der Waals surface area contributed by atoms with E-state index in [9.17, 15) is 13.2 Å². The van der Waals surface area contributed by atoms with Gasteiger partial charge in [0, 0.05) is 13.6 Å². The lowest BCUT2D eigenvalue weighted by Crippen LogP contribution is -2.37. The Morgan fingerprint density at radius 2 is 2.00 bits per heavy atom. The van der Waals surface area contributed by atoms with Crippen molar-refractivity contribution in [1.29, 1.82) is 0 Å². The molecule has 2 rings (SSSR count). The number of nitrogens with one attached hydrogen (secondary N) is 1. The van der Waals surface area contributed by atoms with Gasteiger partial charge in [-0.15, -0.1) is 0 Å². The highest BCUT2D eigenvalue weighted by atomic mass is 32.2. The monoisotopic (exact) mass is 298 g/mol. The number of carbonyl (C=O) groups excluding carboxylic acids is 1. The molecule has 0 radical (unpaired) electrons. The van der Waals surface area contributed by atoms with Crippen LogP contribution in [0.5, 0.6) is 0 Å². The number of hydrogen-bond acceptors (Lipinski definition) is 4. The van der Waals surface area contributed by atoms with Gasteiger partial charge in [0.15, 0.2) is 0 Å². The number of benzene rings is 1. The van der Waals surface area contributed by atoms with E-state index < -0.39 is 16.2 Å². The van der Waals surface area contributed by atoms with Crippen LogP contribution in [0.2, 0.25) is 0 Å². The molecule has 1 fully saturated rings. The van der Waals surface area contributed by atoms with Crippen molar-refractivity contribution >= 4 is 16.1 Å². The molecule has 1 N–H and O–H groups in total. The molecule has 6 nitrogen and oxygen atoms in total. The first-order chi connectivity index (χ1) is 9.42. The van der Waals surface area contributed by atoms with Gasteiger partial charge < -0.3 is 10.2 Å². The normalized spacial score (nSPS) is 19.1. The lowest BCUT2D eigenvalue weighted by molar-refractivity contribution is 0.191. The van der Waals surface area contributed by atoms with E-state index in [1.807, 2.05) is 6.92 Å². The van der Waals surface area contributed by atoms with Crippen molar-refractivity contribution in [2.75, 3.05) is 20.1 Å². The van der Waals surface area contributed by atoms with Crippen LogP contribution < -0.4 is 5.32 Å². The zero-order valence-electron chi connectivity index (χ0n) is 11.5. The van der Waals surface area contributed by atoms with E-state index in [1.54, 1.807) is 19.2 Å². The number of rotatable bonds is 3. The minimum absolute atomic E-state index is 0.140. The van der Waals surface area contributed by atoms with Crippen LogP contribution in [0.1, 0.15) is 12.0 Å². The first-order valence-corrected chi connectivity index (χ1v) is 7.80. The Hall–Kier alpha value is -1.60. The summed E-state index contributed by atoms with van der Waals surface area (Å²) in [7, 11) is -2.23. The summed E-state index contributed by atoms with van der Waals surface area (Å²) >= 11 is 0. The predicted octanol–water partition coefficient (Wildman–Crippen LogP) is 1.11. The van der Waals surface area contributed by atoms with Gasteiger partial charge in [0.1, 0.15) is 0 Å². The van der Waals surface area contributed by atoms with Crippen molar-refractivity contribution in [2.45, 2.75) is 24.3 Å². The molecular weight excluding hydrogens is 280 g/mol. The highest BCUT2D eigenvalue weighted by Gasteiger charge is 2.30. The number of likely N-dealkylation sites (tertiary alicyclic amines) is 1. The van der Waals surface area contributed by atoms with Crippen molar-refractivity contribution < 1.29 is 17.4 Å². The van der Waals surface area contributed by atoms with Crippen LogP contribution in [0.3, 0.4) is 0 Å². The molecule has 1 aliphatic heterocycles. The fourth-order valence-corrected chi connectivity index (χ4v) is 3.18. The summed E-state index contributed by atoms with van der Waals surface area (Å²) in [5, 5.41) is 2.51. The standard InChI is InChI=1S/C13H18N2O4S/c1-10-3-5-12(6-4-10)20(17,18)19-11-7-8-15(9-11)13(16)14-2/h3-6,11H,7-9H2,1-2H3,(H,14,16). The summed E-state index contributed by atoms with van der Waals surface area (Å²) in [6.07, 6.45) is 0.0250. The summed E-state index contributed by atoms with van der Waals surface area (Å²) in [5.74, 6) is 0. The van der Waals surface area contributed by atoms with Crippen LogP contribution in [0, 0.1) is 6.92 Å². The second kappa shape index (κ2) is 5.80. The zero-order chi connectivity index (χ0) is 14.8. The van der Waals surface area contributed by atoms with Crippen LogP contribution in [-0.2, 0) is 14.3 Å². The molecule has 1 aliphatic rings. The molecule has 7 heteroatoms. The van der Waals surface area contributed by atoms with Crippen molar-refractivity contribution in [1.82, 2.24) is 10.2 Å². The predicted molar refractivity (Wildman–Crippen MR) is 73.9 cm³/mol. The van der Waals surface area contributed by atoms with E-state index in [1.165, 1.54) is 17.0 Å². The van der Waals surface area contributed by atoms with Gasteiger partial charge in [0.05, 0.1) is 17.5 Å². The van der Waals surface area contributed by atoms with Crippen molar-refractivity contribution in [3.63, 3.8) is 0 Å². The van der Waals surface area contributed by atoms with Gasteiger partial charge in [0.25, 0.3) is 10.1 Å². The molecule has 1 saturated heterocycles. The highest BCUT2D eigenvalue weighted by molar-refractivity contribution is 7.86. The van der Waals surface area contributed by atoms with Crippen molar-refractivity contribution in [2.24, 2.45) is 0 Å². The van der Waals surface area contributed by atoms with Gasteiger partial charge in [-0.3, -0.25) is 4.18 Å². The van der Waals surface area contributed by atoms with Crippen LogP contribution in [-0.4, -0.2) is 45.6 Å². The molecular formula is C13H18N2O4S. The fraction of sp³-hybridized carbons (Fsp3) is 0.462. The largest absolute Gasteiger partial charge is 0.341 e. The van der Waals surface area contributed by atoms with E-state index in [4.69, 9.17) is 4.18 Å². The number of amides is 2. The SMILES string of the molecule is CNC(=O)N1CCC(OS(=O)(=O)c2ccc(C)cc2)C1. The second-order valence-electron chi connectivity index (χ2n) is 4.78. The average Bonchev–Trinajstić information content (AvgIpc) is 2.86. The molecule has 20 heavy (non-hydrogen) atoms. The molecule has 0 bridgehead atoms. The van der Waals surface area contributed by atoms with E-state index in [0.717, 1.165) is 5.56 Å². The van der Waals surface area contributed by atoms with Crippen LogP contribution in [0.4, 0.5) is 4.79 Å². The second-order valence-corrected chi connectivity index (χ2v) is 6.35. The van der Waals surface area contributed by atoms with E-state index in [-0.39, 0.29) is 17.5 Å². The van der Waals surface area contributed by atoms with Gasteiger partial charge in [0.2, 0.25) is 0 Å². The summed E-state index contributed by atoms with van der Waals surface area (Å²) in [5.41, 5.74) is 0.982. The number of carbonyl (C=O) groups is 1. The van der Waals surface area contributed by atoms with Gasteiger partial charge in [-0.05, 0) is 25.5 Å². The number of aryl methyl sites for hydroxylation is 1. The molecule has 0 aromatic heterocycles. The summed E-state index contributed by atoms with van der Waals surface area (Å²) in [6.45, 7) is 2.66. The molecule has 1 heterocycles. The molecule has 2 amide bonds. The zero-order valence-corrected chi connectivity index (χ0v) is 12.3. The third-order valence-corrected chi connectivity index (χ3v) is 4.59. The average molecular weight is 298 g/mol. The van der Waals surface area contributed by atoms with Crippen molar-refractivity contribution in [3.05, 3.63) is 29.8 Å². The van der Waals surface area contributed by atoms with E-state index in [0.29, 0.717) is 13.0 Å². The highest BCUT2D eigenvalue weighted by Crippen LogP contribution is 2.20. The Morgan fingerprint density at radius 1 is 1.35 bits per heavy atom. The number of nitrogens with zero attached hydrogens (tertiary/aromatic N) is 1. The van der Waals surface area contributed by atoms with E-state index >= 15 is 0 Å². The Bertz CT molecular complexity index is 583. The first-order valence-electron chi connectivity index (χ1n) is 6.39. The summed E-state index contributed by atoms with van der Waals surface area (Å²) in [4.78, 5) is 13.1. The molecule has 1 aromatic carbocycles. The van der Waals surface area contributed by atoms with Crippen LogP contribution in [0.25, 0.3) is 0 Å². The maximum Gasteiger partial charge on any atom is 0.317 e. The van der Waals surface area contributed by atoms with Crippen LogP contribution >= 0.6 is 0 Å². The maximum absolute atomic E-state index is 12.1. The fourth-order valence-electron chi connectivity index (χ4n) is 2.09. The summed E-state index contributed by atoms with van der Waals surface area (Å²) in [6, 6.07) is 6.28. The minimum Gasteiger partial charge on any atom is -0.341 e. The third kappa shape index (κ3) is 3.29. The van der Waals surface area contributed by atoms with E-state index in [2.05, 4.69) is 5.32 Å². The summed E-state index contributed by atoms with van der Waals surface area (Å²) < 4.78 is 29.4. The van der Waals surface area contributed by atoms with Gasteiger partial charge in [-0.2, -0.15) is 8.42 Å². The van der Waals surface area contributed by atoms with Gasteiger partial charge >= 0.3 is 6.03 Å². The molecule has 0 saturated carbocycles. The Balaban J connectivity index is 2.03. The molecule has 0 spiro atoms. The lowest BCUT2D eigenvalue weighted by Gasteiger charge is -2.15. The Kier molecular flexibility index (Phi) is 4.29. The molecule has 110 valence electrons. The smallest absolute Gasteiger partial charge is 0.317 e. The number of urea groups is 1. The van der Waals surface area contributed by atoms with Crippen LogP contribution in [0.15, 0.2) is 29.2 Å². The third-order valence-electron chi connectivity index (χ3n) is 3.22. The maximum atomic E-state index is 12.1. The molecule has 1 unspecified atom stereocenters. The first kappa shape index (κ1) is 14.8. The van der Waals surface area contributed by atoms with Gasteiger partial charge in [-0.25, -0.2) is 4.79 Å². The lowest BCUT2D eigenvalue weighted by atomic mass is 10.2. The topological polar surface area (TPSA) is 75.7 Å². The molecule has 1 aromatic rings. The van der Waals surface area contributed by atoms with Gasteiger partial charge in [-0.1, -0.05) is 17.7 Å². The Labute approximate surface area is 118 Å². The quantitative estimate of drug-likeness (QED) is 0.848. The Morgan fingerprint density at radius 3 is 2.60 bits per heavy atom. The number of hydrogen-bond donors (Lipinski definition) is 1. The van der Waals surface area contributed by atoms with Crippen molar-refractivity contribution in [3.8, 4) is 0 Å². The molecule has 1 atom stereocenters. The molecule has 0 aliphatic carbocycles. The minimum atomic E-state index is -3.77.